The smallest absolute Gasteiger partial charge is 0.256 e. The molecule has 1 fully saturated rings. The van der Waals surface area contributed by atoms with E-state index in [1.807, 2.05) is 18.2 Å². The summed E-state index contributed by atoms with van der Waals surface area (Å²) < 4.78 is 0.994. The lowest BCUT2D eigenvalue weighted by molar-refractivity contribution is -0.110. The molecule has 17 heavy (non-hydrogen) atoms. The molecule has 0 saturated carbocycles. The minimum atomic E-state index is 0.0509. The molecule has 0 spiro atoms. The average Bonchev–Trinajstić information content (AvgIpc) is 2.65. The second kappa shape index (κ2) is 4.27. The van der Waals surface area contributed by atoms with Gasteiger partial charge in [-0.1, -0.05) is 27.6 Å². The standard InChI is InChI=1S/C13H13BrN2O/c14-9-1-2-10-11(7-9)16-13(17)12(10)8-3-5-15-6-4-8/h1-2,7,15H,3-6H2,(H,16,17). The van der Waals surface area contributed by atoms with Gasteiger partial charge in [0, 0.05) is 15.6 Å². The van der Waals surface area contributed by atoms with Crippen LogP contribution in [0, 0.1) is 0 Å². The molecular weight excluding hydrogens is 280 g/mol. The Hall–Kier alpha value is -1.13. The molecule has 0 atom stereocenters. The normalized spacial score (nSPS) is 19.2. The Kier molecular flexibility index (Phi) is 2.76. The van der Waals surface area contributed by atoms with Gasteiger partial charge in [0.1, 0.15) is 0 Å². The van der Waals surface area contributed by atoms with Crippen LogP contribution in [0.15, 0.2) is 28.2 Å². The van der Waals surface area contributed by atoms with E-state index in [9.17, 15) is 4.79 Å². The Bertz CT molecular complexity index is 514. The van der Waals surface area contributed by atoms with Crippen molar-refractivity contribution in [3.8, 4) is 0 Å². The van der Waals surface area contributed by atoms with Crippen molar-refractivity contribution in [3.05, 3.63) is 33.8 Å². The quantitative estimate of drug-likeness (QED) is 0.722. The van der Waals surface area contributed by atoms with Gasteiger partial charge in [0.25, 0.3) is 5.91 Å². The van der Waals surface area contributed by atoms with Gasteiger partial charge in [-0.25, -0.2) is 0 Å². The third-order valence-corrected chi connectivity index (χ3v) is 3.78. The lowest BCUT2D eigenvalue weighted by Crippen LogP contribution is -2.24. The predicted molar refractivity (Wildman–Crippen MR) is 71.8 cm³/mol. The van der Waals surface area contributed by atoms with Gasteiger partial charge in [0.2, 0.25) is 0 Å². The molecule has 1 amide bonds. The van der Waals surface area contributed by atoms with E-state index in [-0.39, 0.29) is 5.91 Å². The monoisotopic (exact) mass is 292 g/mol. The summed E-state index contributed by atoms with van der Waals surface area (Å²) in [6.07, 6.45) is 1.94. The van der Waals surface area contributed by atoms with E-state index < -0.39 is 0 Å². The summed E-state index contributed by atoms with van der Waals surface area (Å²) in [6, 6.07) is 5.96. The van der Waals surface area contributed by atoms with Crippen molar-refractivity contribution >= 4 is 33.1 Å². The first-order valence-electron chi connectivity index (χ1n) is 5.80. The fourth-order valence-corrected chi connectivity index (χ4v) is 2.84. The minimum absolute atomic E-state index is 0.0509. The molecular formula is C13H13BrN2O. The topological polar surface area (TPSA) is 41.1 Å². The minimum Gasteiger partial charge on any atom is -0.321 e. The Labute approximate surface area is 108 Å². The molecule has 1 saturated heterocycles. The Morgan fingerprint density at radius 2 is 1.94 bits per heavy atom. The average molecular weight is 293 g/mol. The molecule has 1 aromatic rings. The van der Waals surface area contributed by atoms with Crippen LogP contribution in [0.4, 0.5) is 5.69 Å². The largest absolute Gasteiger partial charge is 0.321 e. The van der Waals surface area contributed by atoms with Crippen molar-refractivity contribution in [1.29, 1.82) is 0 Å². The first-order chi connectivity index (χ1) is 8.25. The second-order valence-corrected chi connectivity index (χ2v) is 5.29. The van der Waals surface area contributed by atoms with Gasteiger partial charge in [-0.15, -0.1) is 0 Å². The zero-order chi connectivity index (χ0) is 11.8. The highest BCUT2D eigenvalue weighted by Crippen LogP contribution is 2.37. The molecule has 3 rings (SSSR count). The first kappa shape index (κ1) is 11.0. The van der Waals surface area contributed by atoms with Crippen LogP contribution < -0.4 is 10.6 Å². The Morgan fingerprint density at radius 3 is 2.71 bits per heavy atom. The highest BCUT2D eigenvalue weighted by atomic mass is 79.9. The fraction of sp³-hybridized carbons (Fsp3) is 0.308. The molecule has 3 nitrogen and oxygen atoms in total. The number of carbonyl (C=O) groups excluding carboxylic acids is 1. The van der Waals surface area contributed by atoms with Gasteiger partial charge in [-0.2, -0.15) is 0 Å². The van der Waals surface area contributed by atoms with Crippen molar-refractivity contribution in [2.24, 2.45) is 0 Å². The van der Waals surface area contributed by atoms with Gasteiger partial charge < -0.3 is 10.6 Å². The van der Waals surface area contributed by atoms with E-state index in [1.54, 1.807) is 0 Å². The third-order valence-electron chi connectivity index (χ3n) is 3.29. The number of anilines is 1. The summed E-state index contributed by atoms with van der Waals surface area (Å²) in [5, 5.41) is 6.25. The summed E-state index contributed by atoms with van der Waals surface area (Å²) in [4.78, 5) is 12.0. The number of hydrogen-bond donors (Lipinski definition) is 2. The summed E-state index contributed by atoms with van der Waals surface area (Å²) in [7, 11) is 0. The maximum absolute atomic E-state index is 12.0. The molecule has 0 radical (unpaired) electrons. The summed E-state index contributed by atoms with van der Waals surface area (Å²) in [5.74, 6) is 0.0509. The highest BCUT2D eigenvalue weighted by molar-refractivity contribution is 9.10. The van der Waals surface area contributed by atoms with Gasteiger partial charge in [0.15, 0.2) is 0 Å². The Balaban J connectivity index is 2.10. The number of benzene rings is 1. The second-order valence-electron chi connectivity index (χ2n) is 4.37. The SMILES string of the molecule is O=C1Nc2cc(Br)ccc2C1=C1CCNCC1. The molecule has 0 bridgehead atoms. The van der Waals surface area contributed by atoms with Crippen LogP contribution in [0.3, 0.4) is 0 Å². The molecule has 1 aromatic carbocycles. The van der Waals surface area contributed by atoms with Crippen molar-refractivity contribution in [1.82, 2.24) is 5.32 Å². The zero-order valence-electron chi connectivity index (χ0n) is 9.35. The van der Waals surface area contributed by atoms with Crippen LogP contribution in [0.2, 0.25) is 0 Å². The van der Waals surface area contributed by atoms with E-state index in [4.69, 9.17) is 0 Å². The predicted octanol–water partition coefficient (Wildman–Crippen LogP) is 2.54. The highest BCUT2D eigenvalue weighted by Gasteiger charge is 2.27. The zero-order valence-corrected chi connectivity index (χ0v) is 10.9. The summed E-state index contributed by atoms with van der Waals surface area (Å²) >= 11 is 3.42. The van der Waals surface area contributed by atoms with Crippen LogP contribution >= 0.6 is 15.9 Å². The van der Waals surface area contributed by atoms with Gasteiger partial charge >= 0.3 is 0 Å². The van der Waals surface area contributed by atoms with Crippen LogP contribution in [0.1, 0.15) is 18.4 Å². The van der Waals surface area contributed by atoms with Crippen LogP contribution in [-0.2, 0) is 4.79 Å². The summed E-state index contributed by atoms with van der Waals surface area (Å²) in [6.45, 7) is 1.94. The number of fused-ring (bicyclic) bond motifs is 1. The van der Waals surface area contributed by atoms with Crippen LogP contribution in [0.25, 0.3) is 5.57 Å². The van der Waals surface area contributed by atoms with Gasteiger partial charge in [-0.3, -0.25) is 4.79 Å². The molecule has 0 aliphatic carbocycles. The molecule has 2 aliphatic heterocycles. The molecule has 4 heteroatoms. The van der Waals surface area contributed by atoms with Crippen molar-refractivity contribution in [2.45, 2.75) is 12.8 Å². The number of amides is 1. The van der Waals surface area contributed by atoms with E-state index in [0.717, 1.165) is 47.2 Å². The summed E-state index contributed by atoms with van der Waals surface area (Å²) in [5.41, 5.74) is 4.15. The van der Waals surface area contributed by atoms with Crippen molar-refractivity contribution in [3.63, 3.8) is 0 Å². The molecule has 0 unspecified atom stereocenters. The van der Waals surface area contributed by atoms with Crippen LogP contribution in [-0.4, -0.2) is 19.0 Å². The first-order valence-corrected chi connectivity index (χ1v) is 6.59. The lowest BCUT2D eigenvalue weighted by Gasteiger charge is -2.17. The molecule has 2 aliphatic rings. The lowest BCUT2D eigenvalue weighted by atomic mass is 9.95. The Morgan fingerprint density at radius 1 is 1.18 bits per heavy atom. The van der Waals surface area contributed by atoms with E-state index in [0.29, 0.717) is 0 Å². The number of piperidine rings is 1. The van der Waals surface area contributed by atoms with E-state index in [2.05, 4.69) is 26.6 Å². The van der Waals surface area contributed by atoms with Crippen LogP contribution in [0.5, 0.6) is 0 Å². The molecule has 2 heterocycles. The number of hydrogen-bond acceptors (Lipinski definition) is 2. The number of carbonyl (C=O) groups is 1. The third kappa shape index (κ3) is 1.91. The maximum Gasteiger partial charge on any atom is 0.256 e. The maximum atomic E-state index is 12.0. The number of halogens is 1. The van der Waals surface area contributed by atoms with E-state index >= 15 is 0 Å². The van der Waals surface area contributed by atoms with Crippen molar-refractivity contribution in [2.75, 3.05) is 18.4 Å². The van der Waals surface area contributed by atoms with Gasteiger partial charge in [-0.05, 0) is 38.1 Å². The van der Waals surface area contributed by atoms with Gasteiger partial charge in [0.05, 0.1) is 5.69 Å². The number of rotatable bonds is 0. The molecule has 0 aromatic heterocycles. The molecule has 2 N–H and O–H groups in total. The fourth-order valence-electron chi connectivity index (χ4n) is 2.47. The van der Waals surface area contributed by atoms with E-state index in [1.165, 1.54) is 5.57 Å². The molecule has 88 valence electrons. The van der Waals surface area contributed by atoms with Crippen molar-refractivity contribution < 1.29 is 4.79 Å². The number of nitrogens with one attached hydrogen (secondary N) is 2.